The number of ketones is 1. The molecule has 0 saturated carbocycles. The second kappa shape index (κ2) is 4.83. The fourth-order valence-corrected chi connectivity index (χ4v) is 1.86. The number of aryl methyl sites for hydroxylation is 1. The molecule has 0 spiro atoms. The van der Waals surface area contributed by atoms with E-state index in [1.807, 2.05) is 25.1 Å². The van der Waals surface area contributed by atoms with E-state index < -0.39 is 0 Å². The lowest BCUT2D eigenvalue weighted by Crippen LogP contribution is -2.05. The Morgan fingerprint density at radius 1 is 1.00 bits per heavy atom. The SMILES string of the molecule is CCc1ccccc1C(=O)c1ccccc1O. The van der Waals surface area contributed by atoms with Gasteiger partial charge in [0.2, 0.25) is 0 Å². The molecule has 0 aliphatic rings. The van der Waals surface area contributed by atoms with Gasteiger partial charge >= 0.3 is 0 Å². The molecule has 0 unspecified atom stereocenters. The summed E-state index contributed by atoms with van der Waals surface area (Å²) in [5, 5.41) is 9.69. The van der Waals surface area contributed by atoms with Gasteiger partial charge in [-0.05, 0) is 24.1 Å². The maximum absolute atomic E-state index is 12.3. The number of hydrogen-bond acceptors (Lipinski definition) is 2. The largest absolute Gasteiger partial charge is 0.507 e. The number of rotatable bonds is 3. The van der Waals surface area contributed by atoms with E-state index in [0.717, 1.165) is 12.0 Å². The van der Waals surface area contributed by atoms with Crippen LogP contribution in [0.5, 0.6) is 5.75 Å². The Bertz CT molecular complexity index is 544. The van der Waals surface area contributed by atoms with Crippen LogP contribution in [0.2, 0.25) is 0 Å². The first-order chi connectivity index (χ1) is 8.24. The zero-order chi connectivity index (χ0) is 12.3. The molecule has 2 rings (SSSR count). The van der Waals surface area contributed by atoms with Crippen LogP contribution in [0.4, 0.5) is 0 Å². The number of phenols is 1. The van der Waals surface area contributed by atoms with E-state index in [4.69, 9.17) is 0 Å². The summed E-state index contributed by atoms with van der Waals surface area (Å²) in [6.45, 7) is 2.01. The average molecular weight is 226 g/mol. The van der Waals surface area contributed by atoms with Gasteiger partial charge in [-0.3, -0.25) is 4.79 Å². The van der Waals surface area contributed by atoms with Gasteiger partial charge in [-0.25, -0.2) is 0 Å². The maximum atomic E-state index is 12.3. The first-order valence-electron chi connectivity index (χ1n) is 5.64. The van der Waals surface area contributed by atoms with E-state index in [1.165, 1.54) is 6.07 Å². The number of benzene rings is 2. The van der Waals surface area contributed by atoms with Gasteiger partial charge in [0.05, 0.1) is 5.56 Å². The zero-order valence-corrected chi connectivity index (χ0v) is 9.68. The van der Waals surface area contributed by atoms with Crippen molar-refractivity contribution >= 4 is 5.78 Å². The molecule has 0 heterocycles. The third-order valence-corrected chi connectivity index (χ3v) is 2.79. The van der Waals surface area contributed by atoms with Crippen LogP contribution < -0.4 is 0 Å². The normalized spacial score (nSPS) is 10.2. The molecule has 86 valence electrons. The number of carbonyl (C=O) groups excluding carboxylic acids is 1. The summed E-state index contributed by atoms with van der Waals surface area (Å²) in [4.78, 5) is 12.3. The number of phenolic OH excluding ortho intramolecular Hbond substituents is 1. The summed E-state index contributed by atoms with van der Waals surface area (Å²) in [5.74, 6) is -0.0936. The van der Waals surface area contributed by atoms with Gasteiger partial charge in [0, 0.05) is 5.56 Å². The van der Waals surface area contributed by atoms with Crippen molar-refractivity contribution < 1.29 is 9.90 Å². The highest BCUT2D eigenvalue weighted by molar-refractivity contribution is 6.11. The molecule has 0 fully saturated rings. The van der Waals surface area contributed by atoms with E-state index in [-0.39, 0.29) is 11.5 Å². The minimum absolute atomic E-state index is 0.0309. The number of aromatic hydroxyl groups is 1. The van der Waals surface area contributed by atoms with Crippen molar-refractivity contribution in [1.29, 1.82) is 0 Å². The van der Waals surface area contributed by atoms with Crippen molar-refractivity contribution in [3.8, 4) is 5.75 Å². The first kappa shape index (κ1) is 11.4. The predicted molar refractivity (Wildman–Crippen MR) is 67.4 cm³/mol. The van der Waals surface area contributed by atoms with Crippen LogP contribution >= 0.6 is 0 Å². The minimum Gasteiger partial charge on any atom is -0.507 e. The molecule has 0 amide bonds. The Balaban J connectivity index is 2.48. The summed E-state index contributed by atoms with van der Waals surface area (Å²) in [6.07, 6.45) is 0.801. The lowest BCUT2D eigenvalue weighted by Gasteiger charge is -2.07. The number of carbonyl (C=O) groups is 1. The lowest BCUT2D eigenvalue weighted by molar-refractivity contribution is 0.103. The fraction of sp³-hybridized carbons (Fsp3) is 0.133. The molecule has 17 heavy (non-hydrogen) atoms. The van der Waals surface area contributed by atoms with Crippen LogP contribution in [0, 0.1) is 0 Å². The highest BCUT2D eigenvalue weighted by Gasteiger charge is 2.15. The monoisotopic (exact) mass is 226 g/mol. The molecule has 2 aromatic carbocycles. The van der Waals surface area contributed by atoms with Crippen molar-refractivity contribution in [1.82, 2.24) is 0 Å². The van der Waals surface area contributed by atoms with Crippen molar-refractivity contribution in [3.05, 3.63) is 65.2 Å². The second-order valence-corrected chi connectivity index (χ2v) is 3.86. The molecule has 0 radical (unpaired) electrons. The number of para-hydroxylation sites is 1. The van der Waals surface area contributed by atoms with Gasteiger partial charge in [-0.15, -0.1) is 0 Å². The van der Waals surface area contributed by atoms with Gasteiger partial charge in [0.15, 0.2) is 5.78 Å². The first-order valence-corrected chi connectivity index (χ1v) is 5.64. The average Bonchev–Trinajstić information content (AvgIpc) is 2.38. The third-order valence-electron chi connectivity index (χ3n) is 2.79. The van der Waals surface area contributed by atoms with Crippen molar-refractivity contribution in [2.75, 3.05) is 0 Å². The smallest absolute Gasteiger partial charge is 0.197 e. The minimum atomic E-state index is -0.124. The maximum Gasteiger partial charge on any atom is 0.197 e. The van der Waals surface area contributed by atoms with Crippen molar-refractivity contribution in [2.24, 2.45) is 0 Å². The molecular weight excluding hydrogens is 212 g/mol. The predicted octanol–water partition coefficient (Wildman–Crippen LogP) is 3.19. The van der Waals surface area contributed by atoms with Crippen molar-refractivity contribution in [3.63, 3.8) is 0 Å². The van der Waals surface area contributed by atoms with Gasteiger partial charge in [0.1, 0.15) is 5.75 Å². The molecule has 2 heteroatoms. The van der Waals surface area contributed by atoms with E-state index in [1.54, 1.807) is 24.3 Å². The topological polar surface area (TPSA) is 37.3 Å². The van der Waals surface area contributed by atoms with E-state index in [2.05, 4.69) is 0 Å². The molecule has 0 aromatic heterocycles. The van der Waals surface area contributed by atoms with Crippen LogP contribution in [0.3, 0.4) is 0 Å². The molecule has 0 saturated heterocycles. The Morgan fingerprint density at radius 2 is 1.59 bits per heavy atom. The highest BCUT2D eigenvalue weighted by Crippen LogP contribution is 2.21. The summed E-state index contributed by atoms with van der Waals surface area (Å²) < 4.78 is 0. The summed E-state index contributed by atoms with van der Waals surface area (Å²) in [6, 6.07) is 14.1. The van der Waals surface area contributed by atoms with Crippen LogP contribution in [-0.4, -0.2) is 10.9 Å². The Kier molecular flexibility index (Phi) is 3.24. The summed E-state index contributed by atoms with van der Waals surface area (Å²) in [7, 11) is 0. The quantitative estimate of drug-likeness (QED) is 0.816. The van der Waals surface area contributed by atoms with E-state index in [9.17, 15) is 9.90 Å². The standard InChI is InChI=1S/C15H14O2/c1-2-11-7-3-4-8-12(11)15(17)13-9-5-6-10-14(13)16/h3-10,16H,2H2,1H3. The van der Waals surface area contributed by atoms with Crippen LogP contribution in [0.15, 0.2) is 48.5 Å². The van der Waals surface area contributed by atoms with E-state index >= 15 is 0 Å². The van der Waals surface area contributed by atoms with E-state index in [0.29, 0.717) is 11.1 Å². The third kappa shape index (κ3) is 2.21. The molecule has 0 bridgehead atoms. The highest BCUT2D eigenvalue weighted by atomic mass is 16.3. The molecular formula is C15H14O2. The summed E-state index contributed by atoms with van der Waals surface area (Å²) in [5.41, 5.74) is 2.02. The molecule has 2 aromatic rings. The number of hydrogen-bond donors (Lipinski definition) is 1. The molecule has 0 aliphatic carbocycles. The molecule has 0 atom stereocenters. The molecule has 2 nitrogen and oxygen atoms in total. The van der Waals surface area contributed by atoms with Gasteiger partial charge in [-0.1, -0.05) is 43.3 Å². The van der Waals surface area contributed by atoms with Gasteiger partial charge in [-0.2, -0.15) is 0 Å². The van der Waals surface area contributed by atoms with Crippen LogP contribution in [-0.2, 0) is 6.42 Å². The van der Waals surface area contributed by atoms with Gasteiger partial charge in [0.25, 0.3) is 0 Å². The lowest BCUT2D eigenvalue weighted by atomic mass is 9.96. The molecule has 0 aliphatic heterocycles. The Hall–Kier alpha value is -2.09. The summed E-state index contributed by atoms with van der Waals surface area (Å²) >= 11 is 0. The van der Waals surface area contributed by atoms with Crippen LogP contribution in [0.25, 0.3) is 0 Å². The molecule has 1 N–H and O–H groups in total. The Labute approximate surface area is 101 Å². The zero-order valence-electron chi connectivity index (χ0n) is 9.68. The van der Waals surface area contributed by atoms with Gasteiger partial charge < -0.3 is 5.11 Å². The second-order valence-electron chi connectivity index (χ2n) is 3.86. The fourth-order valence-electron chi connectivity index (χ4n) is 1.86. The van der Waals surface area contributed by atoms with Crippen LogP contribution in [0.1, 0.15) is 28.4 Å². The Morgan fingerprint density at radius 3 is 2.24 bits per heavy atom. The van der Waals surface area contributed by atoms with Crippen molar-refractivity contribution in [2.45, 2.75) is 13.3 Å².